The van der Waals surface area contributed by atoms with Crippen molar-refractivity contribution in [2.75, 3.05) is 5.01 Å². The van der Waals surface area contributed by atoms with E-state index in [1.165, 1.54) is 16.3 Å². The summed E-state index contributed by atoms with van der Waals surface area (Å²) in [6, 6.07) is 13.3. The largest absolute Gasteiger partial charge is 0.366 e. The second-order valence-electron chi connectivity index (χ2n) is 6.44. The molecule has 2 N–H and O–H groups in total. The number of carbonyl (C=O) groups excluding carboxylic acids is 2. The zero-order chi connectivity index (χ0) is 21.3. The molecule has 0 bridgehead atoms. The quantitative estimate of drug-likeness (QED) is 0.537. The van der Waals surface area contributed by atoms with Gasteiger partial charge in [-0.1, -0.05) is 28.1 Å². The summed E-state index contributed by atoms with van der Waals surface area (Å²) in [7, 11) is 0. The van der Waals surface area contributed by atoms with Gasteiger partial charge in [0.25, 0.3) is 5.91 Å². The molecule has 3 aromatic rings. The van der Waals surface area contributed by atoms with Gasteiger partial charge in [-0.3, -0.25) is 9.59 Å². The average molecular weight is 483 g/mol. The smallest absolute Gasteiger partial charge is 0.282 e. The van der Waals surface area contributed by atoms with Gasteiger partial charge in [0.2, 0.25) is 11.0 Å². The number of nitrogens with zero attached hydrogens (tertiary/aromatic N) is 5. The van der Waals surface area contributed by atoms with Crippen LogP contribution in [0.15, 0.2) is 73.7 Å². The van der Waals surface area contributed by atoms with Crippen molar-refractivity contribution in [2.24, 2.45) is 21.1 Å². The van der Waals surface area contributed by atoms with E-state index in [9.17, 15) is 9.59 Å². The molecule has 0 radical (unpaired) electrons. The second kappa shape index (κ2) is 8.25. The van der Waals surface area contributed by atoms with E-state index in [-0.39, 0.29) is 5.91 Å². The van der Waals surface area contributed by atoms with E-state index in [0.29, 0.717) is 22.1 Å². The fourth-order valence-electron chi connectivity index (χ4n) is 2.76. The number of hydrazone groups is 1. The predicted molar refractivity (Wildman–Crippen MR) is 119 cm³/mol. The summed E-state index contributed by atoms with van der Waals surface area (Å²) in [4.78, 5) is 28.5. The molecule has 0 saturated heterocycles. The van der Waals surface area contributed by atoms with Crippen molar-refractivity contribution in [3.05, 3.63) is 63.9 Å². The molecule has 4 rings (SSSR count). The van der Waals surface area contributed by atoms with Gasteiger partial charge in [-0.05, 0) is 43.3 Å². The van der Waals surface area contributed by atoms with Crippen LogP contribution in [0, 0.1) is 0 Å². The van der Waals surface area contributed by atoms with E-state index in [1.54, 1.807) is 31.2 Å². The normalized spacial score (nSPS) is 16.3. The molecular formula is C20H15BrN6O2S. The molecule has 0 aliphatic carbocycles. The number of halogens is 1. The monoisotopic (exact) mass is 482 g/mol. The lowest BCUT2D eigenvalue weighted by molar-refractivity contribution is -0.117. The molecule has 0 saturated carbocycles. The van der Waals surface area contributed by atoms with Gasteiger partial charge in [-0.2, -0.15) is 20.3 Å². The van der Waals surface area contributed by atoms with Crippen molar-refractivity contribution in [3.63, 3.8) is 0 Å². The third-order valence-electron chi connectivity index (χ3n) is 4.35. The number of azo groups is 1. The lowest BCUT2D eigenvalue weighted by atomic mass is 10.2. The van der Waals surface area contributed by atoms with Crippen LogP contribution in [0.2, 0.25) is 0 Å². The van der Waals surface area contributed by atoms with Crippen LogP contribution in [0.1, 0.15) is 17.3 Å². The molecule has 0 fully saturated rings. The summed E-state index contributed by atoms with van der Waals surface area (Å²) in [6.45, 7) is 1.72. The molecule has 1 aliphatic rings. The number of rotatable bonds is 5. The first kappa shape index (κ1) is 20.0. The number of hydrogen-bond donors (Lipinski definition) is 1. The molecule has 2 heterocycles. The minimum absolute atomic E-state index is 0.318. The number of nitrogens with two attached hydrogens (primary N) is 1. The van der Waals surface area contributed by atoms with Gasteiger partial charge in [0.15, 0.2) is 6.04 Å². The van der Waals surface area contributed by atoms with E-state index in [1.807, 2.05) is 29.6 Å². The Morgan fingerprint density at radius 2 is 1.87 bits per heavy atom. The standard InChI is InChI=1S/C20H15BrN6O2S/c1-11-17(25-24-15-8-4-13(5-9-15)18(22)28)19(29)27(26-11)20-23-16(10-30-20)12-2-6-14(21)7-3-12/h2-10,17H,1H3,(H2,22,28)/t17-/m0/s1. The first-order valence-corrected chi connectivity index (χ1v) is 10.5. The Morgan fingerprint density at radius 1 is 1.17 bits per heavy atom. The summed E-state index contributed by atoms with van der Waals surface area (Å²) in [5.41, 5.74) is 8.34. The fraction of sp³-hybridized carbons (Fsp3) is 0.100. The zero-order valence-corrected chi connectivity index (χ0v) is 18.1. The van der Waals surface area contributed by atoms with Gasteiger partial charge in [-0.15, -0.1) is 11.3 Å². The molecular weight excluding hydrogens is 468 g/mol. The number of amides is 2. The Bertz CT molecular complexity index is 1170. The molecule has 1 aliphatic heterocycles. The van der Waals surface area contributed by atoms with Gasteiger partial charge in [0.05, 0.1) is 17.1 Å². The molecule has 1 aromatic heterocycles. The van der Waals surface area contributed by atoms with Crippen molar-refractivity contribution in [1.82, 2.24) is 4.98 Å². The highest BCUT2D eigenvalue weighted by atomic mass is 79.9. The van der Waals surface area contributed by atoms with Crippen LogP contribution < -0.4 is 10.7 Å². The summed E-state index contributed by atoms with van der Waals surface area (Å²) in [5, 5.41) is 16.2. The van der Waals surface area contributed by atoms with Crippen molar-refractivity contribution in [3.8, 4) is 11.3 Å². The highest BCUT2D eigenvalue weighted by molar-refractivity contribution is 9.10. The van der Waals surface area contributed by atoms with Crippen LogP contribution in [0.4, 0.5) is 10.8 Å². The third kappa shape index (κ3) is 4.05. The summed E-state index contributed by atoms with van der Waals surface area (Å²) >= 11 is 4.74. The molecule has 10 heteroatoms. The number of primary amides is 1. The van der Waals surface area contributed by atoms with Gasteiger partial charge in [-0.25, -0.2) is 4.98 Å². The minimum Gasteiger partial charge on any atom is -0.366 e. The number of benzene rings is 2. The maximum absolute atomic E-state index is 12.8. The van der Waals surface area contributed by atoms with E-state index < -0.39 is 11.9 Å². The SMILES string of the molecule is CC1=NN(c2nc(-c3ccc(Br)cc3)cs2)C(=O)[C@H]1N=Nc1ccc(C(N)=O)cc1. The van der Waals surface area contributed by atoms with Crippen molar-refractivity contribution < 1.29 is 9.59 Å². The fourth-order valence-corrected chi connectivity index (χ4v) is 3.81. The van der Waals surface area contributed by atoms with Crippen molar-refractivity contribution >= 4 is 55.6 Å². The minimum atomic E-state index is -0.819. The van der Waals surface area contributed by atoms with Gasteiger partial charge in [0.1, 0.15) is 0 Å². The number of hydrogen-bond acceptors (Lipinski definition) is 7. The van der Waals surface area contributed by atoms with Gasteiger partial charge >= 0.3 is 0 Å². The number of aromatic nitrogens is 1. The molecule has 2 aromatic carbocycles. The summed E-state index contributed by atoms with van der Waals surface area (Å²) < 4.78 is 0.981. The third-order valence-corrected chi connectivity index (χ3v) is 5.69. The Hall–Kier alpha value is -3.24. The number of anilines is 1. The molecule has 1 atom stereocenters. The summed E-state index contributed by atoms with van der Waals surface area (Å²) in [5.74, 6) is -0.837. The molecule has 150 valence electrons. The van der Waals surface area contributed by atoms with Gasteiger partial charge in [0, 0.05) is 21.0 Å². The molecule has 2 amide bonds. The van der Waals surface area contributed by atoms with Crippen LogP contribution in [0.3, 0.4) is 0 Å². The Morgan fingerprint density at radius 3 is 2.53 bits per heavy atom. The average Bonchev–Trinajstić information content (AvgIpc) is 3.32. The molecule has 0 spiro atoms. The van der Waals surface area contributed by atoms with E-state index in [4.69, 9.17) is 5.73 Å². The summed E-state index contributed by atoms with van der Waals surface area (Å²) in [6.07, 6.45) is 0. The Balaban J connectivity index is 1.51. The van der Waals surface area contributed by atoms with E-state index >= 15 is 0 Å². The molecule has 30 heavy (non-hydrogen) atoms. The van der Waals surface area contributed by atoms with Crippen molar-refractivity contribution in [1.29, 1.82) is 0 Å². The van der Waals surface area contributed by atoms with E-state index in [0.717, 1.165) is 15.7 Å². The highest BCUT2D eigenvalue weighted by Crippen LogP contribution is 2.31. The van der Waals surface area contributed by atoms with Crippen LogP contribution in [-0.4, -0.2) is 28.6 Å². The first-order chi connectivity index (χ1) is 14.4. The second-order valence-corrected chi connectivity index (χ2v) is 8.19. The van der Waals surface area contributed by atoms with Crippen LogP contribution in [0.25, 0.3) is 11.3 Å². The predicted octanol–water partition coefficient (Wildman–Crippen LogP) is 4.55. The maximum atomic E-state index is 12.8. The van der Waals surface area contributed by atoms with Gasteiger partial charge < -0.3 is 5.73 Å². The van der Waals surface area contributed by atoms with Crippen LogP contribution in [0.5, 0.6) is 0 Å². The highest BCUT2D eigenvalue weighted by Gasteiger charge is 2.36. The first-order valence-electron chi connectivity index (χ1n) is 8.83. The topological polar surface area (TPSA) is 113 Å². The Labute approximate surface area is 184 Å². The molecule has 8 nitrogen and oxygen atoms in total. The maximum Gasteiger partial charge on any atom is 0.282 e. The number of carbonyl (C=O) groups is 2. The number of thiazole rings is 1. The zero-order valence-electron chi connectivity index (χ0n) is 15.7. The lowest BCUT2D eigenvalue weighted by Gasteiger charge is -2.08. The Kier molecular flexibility index (Phi) is 5.51. The molecule has 0 unspecified atom stereocenters. The van der Waals surface area contributed by atoms with Crippen molar-refractivity contribution in [2.45, 2.75) is 13.0 Å². The van der Waals surface area contributed by atoms with Crippen LogP contribution >= 0.6 is 27.3 Å². The lowest BCUT2D eigenvalue weighted by Crippen LogP contribution is -2.29. The van der Waals surface area contributed by atoms with Crippen LogP contribution in [-0.2, 0) is 4.79 Å². The van der Waals surface area contributed by atoms with E-state index in [2.05, 4.69) is 36.2 Å².